The van der Waals surface area contributed by atoms with Crippen LogP contribution in [0.25, 0.3) is 0 Å². The number of hydrogen-bond acceptors (Lipinski definition) is 3. The van der Waals surface area contributed by atoms with Crippen LogP contribution < -0.4 is 11.1 Å². The minimum Gasteiger partial charge on any atom is -0.351 e. The normalized spacial score (nSPS) is 22.1. The van der Waals surface area contributed by atoms with Crippen molar-refractivity contribution in [1.29, 1.82) is 0 Å². The van der Waals surface area contributed by atoms with E-state index in [1.165, 1.54) is 6.42 Å². The van der Waals surface area contributed by atoms with E-state index in [9.17, 15) is 4.79 Å². The van der Waals surface area contributed by atoms with E-state index in [4.69, 9.17) is 5.73 Å². The summed E-state index contributed by atoms with van der Waals surface area (Å²) < 4.78 is 0. The molecule has 4 heteroatoms. The Kier molecular flexibility index (Phi) is 4.93. The van der Waals surface area contributed by atoms with Crippen LogP contribution in [-0.4, -0.2) is 29.5 Å². The van der Waals surface area contributed by atoms with Gasteiger partial charge >= 0.3 is 0 Å². The van der Waals surface area contributed by atoms with E-state index in [0.717, 1.165) is 31.4 Å². The molecule has 0 aliphatic heterocycles. The van der Waals surface area contributed by atoms with Crippen molar-refractivity contribution in [3.05, 3.63) is 0 Å². The third-order valence-corrected chi connectivity index (χ3v) is 3.83. The standard InChI is InChI=1S/C11H22N2OS/c1-9(8-15-2)13-10(14)11(12)6-4-3-5-7-11/h9H,3-8,12H2,1-2H3,(H,13,14). The van der Waals surface area contributed by atoms with Crippen molar-refractivity contribution in [2.45, 2.75) is 50.6 Å². The number of nitrogens with one attached hydrogen (secondary N) is 1. The molecule has 1 fully saturated rings. The summed E-state index contributed by atoms with van der Waals surface area (Å²) >= 11 is 1.74. The fraction of sp³-hybridized carbons (Fsp3) is 0.909. The summed E-state index contributed by atoms with van der Waals surface area (Å²) in [6.45, 7) is 2.03. The number of rotatable bonds is 4. The minimum absolute atomic E-state index is 0.0451. The number of thioether (sulfide) groups is 1. The predicted molar refractivity (Wildman–Crippen MR) is 66.0 cm³/mol. The van der Waals surface area contributed by atoms with Gasteiger partial charge in [0.15, 0.2) is 0 Å². The van der Waals surface area contributed by atoms with Crippen molar-refractivity contribution >= 4 is 17.7 Å². The zero-order valence-corrected chi connectivity index (χ0v) is 10.5. The Hall–Kier alpha value is -0.220. The Morgan fingerprint density at radius 2 is 2.07 bits per heavy atom. The summed E-state index contributed by atoms with van der Waals surface area (Å²) in [7, 11) is 0. The van der Waals surface area contributed by atoms with Crippen molar-refractivity contribution in [3.8, 4) is 0 Å². The molecular formula is C11H22N2OS. The summed E-state index contributed by atoms with van der Waals surface area (Å²) in [5, 5.41) is 3.01. The van der Waals surface area contributed by atoms with Gasteiger partial charge in [-0.2, -0.15) is 11.8 Å². The largest absolute Gasteiger partial charge is 0.351 e. The molecule has 0 radical (unpaired) electrons. The van der Waals surface area contributed by atoms with Gasteiger partial charge in [0, 0.05) is 11.8 Å². The molecule has 88 valence electrons. The number of amides is 1. The first-order chi connectivity index (χ1) is 7.08. The smallest absolute Gasteiger partial charge is 0.240 e. The van der Waals surface area contributed by atoms with Crippen molar-refractivity contribution < 1.29 is 4.79 Å². The molecule has 15 heavy (non-hydrogen) atoms. The molecule has 0 spiro atoms. The van der Waals surface area contributed by atoms with Gasteiger partial charge in [-0.1, -0.05) is 19.3 Å². The van der Waals surface area contributed by atoms with E-state index < -0.39 is 5.54 Å². The fourth-order valence-corrected chi connectivity index (χ4v) is 2.65. The van der Waals surface area contributed by atoms with Crippen molar-refractivity contribution in [2.75, 3.05) is 12.0 Å². The van der Waals surface area contributed by atoms with Crippen molar-refractivity contribution in [3.63, 3.8) is 0 Å². The Balaban J connectivity index is 2.44. The lowest BCUT2D eigenvalue weighted by Gasteiger charge is -2.32. The first kappa shape index (κ1) is 12.8. The van der Waals surface area contributed by atoms with Gasteiger partial charge in [-0.15, -0.1) is 0 Å². The number of hydrogen-bond donors (Lipinski definition) is 2. The van der Waals surface area contributed by atoms with Crippen LogP contribution in [0.15, 0.2) is 0 Å². The topological polar surface area (TPSA) is 55.1 Å². The summed E-state index contributed by atoms with van der Waals surface area (Å²) in [5.74, 6) is 0.991. The van der Waals surface area contributed by atoms with Gasteiger partial charge in [0.25, 0.3) is 0 Å². The molecule has 1 amide bonds. The lowest BCUT2D eigenvalue weighted by Crippen LogP contribution is -2.57. The Labute approximate surface area is 96.6 Å². The third-order valence-electron chi connectivity index (χ3n) is 2.99. The highest BCUT2D eigenvalue weighted by Crippen LogP contribution is 2.26. The molecule has 1 unspecified atom stereocenters. The maximum Gasteiger partial charge on any atom is 0.240 e. The van der Waals surface area contributed by atoms with Gasteiger partial charge in [0.05, 0.1) is 5.54 Å². The van der Waals surface area contributed by atoms with Crippen LogP contribution in [0.3, 0.4) is 0 Å². The average molecular weight is 230 g/mol. The summed E-state index contributed by atoms with van der Waals surface area (Å²) in [4.78, 5) is 12.0. The molecule has 0 heterocycles. The van der Waals surface area contributed by atoms with Crippen LogP contribution in [0.2, 0.25) is 0 Å². The van der Waals surface area contributed by atoms with Crippen LogP contribution in [0.1, 0.15) is 39.0 Å². The molecule has 0 aromatic carbocycles. The monoisotopic (exact) mass is 230 g/mol. The minimum atomic E-state index is -0.592. The molecule has 1 aliphatic carbocycles. The van der Waals surface area contributed by atoms with E-state index in [1.54, 1.807) is 11.8 Å². The second-order valence-electron chi connectivity index (χ2n) is 4.55. The van der Waals surface area contributed by atoms with Crippen molar-refractivity contribution in [1.82, 2.24) is 5.32 Å². The van der Waals surface area contributed by atoms with Crippen LogP contribution in [-0.2, 0) is 4.79 Å². The molecule has 0 aromatic heterocycles. The molecule has 0 bridgehead atoms. The van der Waals surface area contributed by atoms with E-state index in [-0.39, 0.29) is 11.9 Å². The second kappa shape index (κ2) is 5.75. The number of carbonyl (C=O) groups is 1. The maximum absolute atomic E-state index is 12.0. The molecule has 0 saturated heterocycles. The molecule has 3 N–H and O–H groups in total. The highest BCUT2D eigenvalue weighted by molar-refractivity contribution is 7.98. The SMILES string of the molecule is CSCC(C)NC(=O)C1(N)CCCCC1. The fourth-order valence-electron chi connectivity index (χ4n) is 2.07. The molecule has 0 aromatic rings. The molecular weight excluding hydrogens is 208 g/mol. The van der Waals surface area contributed by atoms with Gasteiger partial charge < -0.3 is 11.1 Å². The molecule has 3 nitrogen and oxygen atoms in total. The van der Waals surface area contributed by atoms with Crippen LogP contribution in [0.4, 0.5) is 0 Å². The lowest BCUT2D eigenvalue weighted by atomic mass is 9.82. The lowest BCUT2D eigenvalue weighted by molar-refractivity contribution is -0.128. The van der Waals surface area contributed by atoms with Gasteiger partial charge in [-0.25, -0.2) is 0 Å². The molecule has 1 saturated carbocycles. The Bertz CT molecular complexity index is 215. The summed E-state index contributed by atoms with van der Waals surface area (Å²) in [6, 6.07) is 0.217. The van der Waals surface area contributed by atoms with Gasteiger partial charge in [-0.05, 0) is 26.0 Å². The molecule has 1 atom stereocenters. The first-order valence-electron chi connectivity index (χ1n) is 5.67. The third kappa shape index (κ3) is 3.68. The quantitative estimate of drug-likeness (QED) is 0.770. The van der Waals surface area contributed by atoms with E-state index in [1.807, 2.05) is 13.2 Å². The first-order valence-corrected chi connectivity index (χ1v) is 7.06. The maximum atomic E-state index is 12.0. The zero-order chi connectivity index (χ0) is 11.3. The van der Waals surface area contributed by atoms with Crippen LogP contribution >= 0.6 is 11.8 Å². The van der Waals surface area contributed by atoms with E-state index in [2.05, 4.69) is 5.32 Å². The highest BCUT2D eigenvalue weighted by Gasteiger charge is 2.35. The average Bonchev–Trinajstić information content (AvgIpc) is 2.19. The number of carbonyl (C=O) groups excluding carboxylic acids is 1. The van der Waals surface area contributed by atoms with Crippen LogP contribution in [0.5, 0.6) is 0 Å². The summed E-state index contributed by atoms with van der Waals surface area (Å²) in [5.41, 5.74) is 5.54. The second-order valence-corrected chi connectivity index (χ2v) is 5.46. The van der Waals surface area contributed by atoms with Crippen molar-refractivity contribution in [2.24, 2.45) is 5.73 Å². The molecule has 1 aliphatic rings. The number of nitrogens with two attached hydrogens (primary N) is 1. The van der Waals surface area contributed by atoms with E-state index in [0.29, 0.717) is 0 Å². The predicted octanol–water partition coefficient (Wildman–Crippen LogP) is 1.52. The van der Waals surface area contributed by atoms with Gasteiger partial charge in [-0.3, -0.25) is 4.79 Å². The highest BCUT2D eigenvalue weighted by atomic mass is 32.2. The molecule has 1 rings (SSSR count). The zero-order valence-electron chi connectivity index (χ0n) is 9.71. The van der Waals surface area contributed by atoms with E-state index >= 15 is 0 Å². The summed E-state index contributed by atoms with van der Waals surface area (Å²) in [6.07, 6.45) is 7.10. The Morgan fingerprint density at radius 1 is 1.47 bits per heavy atom. The Morgan fingerprint density at radius 3 is 2.60 bits per heavy atom. The van der Waals surface area contributed by atoms with Gasteiger partial charge in [0.2, 0.25) is 5.91 Å². The van der Waals surface area contributed by atoms with Crippen LogP contribution in [0, 0.1) is 0 Å². The van der Waals surface area contributed by atoms with Gasteiger partial charge in [0.1, 0.15) is 0 Å².